The molecule has 2 rings (SSSR count). The minimum Gasteiger partial charge on any atom is -0.398 e. The van der Waals surface area contributed by atoms with Crippen LogP contribution in [0, 0.1) is 0 Å². The van der Waals surface area contributed by atoms with Crippen molar-refractivity contribution in [2.24, 2.45) is 10.7 Å². The molecule has 0 aliphatic heterocycles. The topological polar surface area (TPSA) is 79.0 Å². The molecular formula is C26H28ClF3N4O2. The van der Waals surface area contributed by atoms with Crippen LogP contribution in [0.3, 0.4) is 0 Å². The molecule has 0 saturated heterocycles. The number of nitrogens with two attached hydrogens (primary N) is 1. The van der Waals surface area contributed by atoms with Crippen molar-refractivity contribution >= 4 is 41.0 Å². The van der Waals surface area contributed by atoms with Crippen LogP contribution < -0.4 is 10.6 Å². The van der Waals surface area contributed by atoms with Gasteiger partial charge in [0, 0.05) is 42.9 Å². The highest BCUT2D eigenvalue weighted by Gasteiger charge is 2.30. The number of halogens is 4. The lowest BCUT2D eigenvalue weighted by Gasteiger charge is -2.24. The highest BCUT2D eigenvalue weighted by molar-refractivity contribution is 6.30. The van der Waals surface area contributed by atoms with E-state index in [1.807, 2.05) is 13.8 Å². The number of hydrogen-bond acceptors (Lipinski definition) is 4. The van der Waals surface area contributed by atoms with Gasteiger partial charge in [0.25, 0.3) is 0 Å². The summed E-state index contributed by atoms with van der Waals surface area (Å²) in [5.41, 5.74) is 6.33. The van der Waals surface area contributed by atoms with E-state index in [1.165, 1.54) is 12.3 Å². The fraction of sp³-hybridized carbons (Fsp3) is 0.269. The Balaban J connectivity index is 2.29. The Morgan fingerprint density at radius 2 is 1.67 bits per heavy atom. The number of carbonyl (C=O) groups excluding carboxylic acids is 2. The summed E-state index contributed by atoms with van der Waals surface area (Å²) < 4.78 is 39.0. The number of carbonyl (C=O) groups is 2. The molecular weight excluding hydrogens is 493 g/mol. The molecule has 0 aromatic heterocycles. The molecule has 0 aliphatic carbocycles. The molecule has 2 aromatic rings. The van der Waals surface area contributed by atoms with Gasteiger partial charge in [-0.3, -0.25) is 14.5 Å². The predicted octanol–water partition coefficient (Wildman–Crippen LogP) is 5.88. The van der Waals surface area contributed by atoms with Gasteiger partial charge in [-0.05, 0) is 61.9 Å². The van der Waals surface area contributed by atoms with Crippen molar-refractivity contribution in [3.63, 3.8) is 0 Å². The van der Waals surface area contributed by atoms with Crippen LogP contribution in [-0.2, 0) is 15.8 Å². The maximum atomic E-state index is 13.1. The van der Waals surface area contributed by atoms with Crippen molar-refractivity contribution in [2.75, 3.05) is 18.0 Å². The summed E-state index contributed by atoms with van der Waals surface area (Å²) in [6.07, 6.45) is -1.96. The number of amides is 2. The van der Waals surface area contributed by atoms with Gasteiger partial charge in [0.15, 0.2) is 0 Å². The van der Waals surface area contributed by atoms with Crippen LogP contribution in [0.1, 0.15) is 37.8 Å². The predicted molar refractivity (Wildman–Crippen MR) is 137 cm³/mol. The van der Waals surface area contributed by atoms with Gasteiger partial charge < -0.3 is 10.6 Å². The zero-order valence-electron chi connectivity index (χ0n) is 20.1. The van der Waals surface area contributed by atoms with Gasteiger partial charge in [0.05, 0.1) is 11.3 Å². The maximum Gasteiger partial charge on any atom is 0.416 e. The van der Waals surface area contributed by atoms with Crippen molar-refractivity contribution in [2.45, 2.75) is 32.9 Å². The van der Waals surface area contributed by atoms with Crippen molar-refractivity contribution < 1.29 is 22.8 Å². The van der Waals surface area contributed by atoms with E-state index in [2.05, 4.69) is 11.6 Å². The molecule has 2 aromatic carbocycles. The minimum absolute atomic E-state index is 0.0507. The first-order valence-corrected chi connectivity index (χ1v) is 11.6. The average Bonchev–Trinajstić information content (AvgIpc) is 2.83. The lowest BCUT2D eigenvalue weighted by atomic mass is 10.1. The van der Waals surface area contributed by atoms with Crippen molar-refractivity contribution in [1.82, 2.24) is 4.90 Å². The summed E-state index contributed by atoms with van der Waals surface area (Å²) in [4.78, 5) is 32.2. The maximum absolute atomic E-state index is 13.1. The van der Waals surface area contributed by atoms with Crippen molar-refractivity contribution in [3.05, 3.63) is 83.2 Å². The van der Waals surface area contributed by atoms with E-state index in [-0.39, 0.29) is 30.3 Å². The van der Waals surface area contributed by atoms with Crippen molar-refractivity contribution in [3.8, 4) is 0 Å². The number of benzene rings is 2. The van der Waals surface area contributed by atoms with E-state index in [1.54, 1.807) is 29.2 Å². The molecule has 192 valence electrons. The van der Waals surface area contributed by atoms with Crippen LogP contribution in [0.25, 0.3) is 5.70 Å². The summed E-state index contributed by atoms with van der Waals surface area (Å²) in [7, 11) is 0. The van der Waals surface area contributed by atoms with Crippen LogP contribution in [0.15, 0.2) is 72.0 Å². The Hall–Kier alpha value is -3.59. The van der Waals surface area contributed by atoms with Gasteiger partial charge in [0.2, 0.25) is 11.8 Å². The number of alkyl halides is 3. The SMILES string of the molecule is C=C(N=C/C=C(\N)c1cccc(Cl)c1)N(C(=O)CCC(=O)N(CC)CC)c1ccc(C(F)(F)F)cc1. The number of hydrogen-bond donors (Lipinski definition) is 1. The third-order valence-electron chi connectivity index (χ3n) is 5.26. The molecule has 0 aliphatic rings. The zero-order valence-corrected chi connectivity index (χ0v) is 20.8. The van der Waals surface area contributed by atoms with E-state index in [0.717, 1.165) is 29.2 Å². The number of rotatable bonds is 10. The highest BCUT2D eigenvalue weighted by atomic mass is 35.5. The lowest BCUT2D eigenvalue weighted by Crippen LogP contribution is -2.33. The van der Waals surface area contributed by atoms with E-state index in [0.29, 0.717) is 29.4 Å². The molecule has 0 unspecified atom stereocenters. The molecule has 0 heterocycles. The smallest absolute Gasteiger partial charge is 0.398 e. The summed E-state index contributed by atoms with van der Waals surface area (Å²) >= 11 is 5.97. The van der Waals surface area contributed by atoms with E-state index >= 15 is 0 Å². The standard InChI is InChI=1S/C26H28ClF3N4O2/c1-4-33(5-2)24(35)13-14-25(36)34(22-11-9-20(10-12-22)26(28,29)30)18(3)32-16-15-23(31)19-7-6-8-21(27)17-19/h6-12,15-17H,3-5,13-14,31H2,1-2H3/b23-15-,32-16?. The van der Waals surface area contributed by atoms with Gasteiger partial charge in [-0.2, -0.15) is 13.2 Å². The molecule has 0 radical (unpaired) electrons. The molecule has 0 fully saturated rings. The van der Waals surface area contributed by atoms with Crippen LogP contribution in [-0.4, -0.2) is 36.0 Å². The fourth-order valence-corrected chi connectivity index (χ4v) is 3.51. The average molecular weight is 521 g/mol. The summed E-state index contributed by atoms with van der Waals surface area (Å²) in [6, 6.07) is 10.9. The van der Waals surface area contributed by atoms with Gasteiger partial charge in [-0.1, -0.05) is 30.3 Å². The Morgan fingerprint density at radius 1 is 1.06 bits per heavy atom. The monoisotopic (exact) mass is 520 g/mol. The first-order valence-electron chi connectivity index (χ1n) is 11.2. The quantitative estimate of drug-likeness (QED) is 0.397. The Labute approximate surface area is 213 Å². The molecule has 10 heteroatoms. The number of allylic oxidation sites excluding steroid dienone is 1. The first kappa shape index (κ1) is 28.6. The molecule has 2 amide bonds. The first-order chi connectivity index (χ1) is 17.0. The third kappa shape index (κ3) is 7.98. The number of aliphatic imine (C=N–C) groups is 1. The van der Waals surface area contributed by atoms with Crippen LogP contribution in [0.5, 0.6) is 0 Å². The van der Waals surface area contributed by atoms with Crippen LogP contribution in [0.2, 0.25) is 5.02 Å². The molecule has 0 atom stereocenters. The Kier molecular flexibility index (Phi) is 10.3. The fourth-order valence-electron chi connectivity index (χ4n) is 3.32. The van der Waals surface area contributed by atoms with E-state index in [9.17, 15) is 22.8 Å². The second kappa shape index (κ2) is 12.9. The molecule has 6 nitrogen and oxygen atoms in total. The van der Waals surface area contributed by atoms with Gasteiger partial charge in [-0.25, -0.2) is 4.99 Å². The van der Waals surface area contributed by atoms with Gasteiger partial charge in [0.1, 0.15) is 5.82 Å². The Bertz CT molecular complexity index is 1140. The normalized spacial score (nSPS) is 12.0. The van der Waals surface area contributed by atoms with Gasteiger partial charge >= 0.3 is 6.18 Å². The molecule has 36 heavy (non-hydrogen) atoms. The summed E-state index contributed by atoms with van der Waals surface area (Å²) in [6.45, 7) is 8.47. The molecule has 0 saturated carbocycles. The van der Waals surface area contributed by atoms with Gasteiger partial charge in [-0.15, -0.1) is 0 Å². The highest BCUT2D eigenvalue weighted by Crippen LogP contribution is 2.31. The minimum atomic E-state index is -4.53. The zero-order chi connectivity index (χ0) is 26.9. The van der Waals surface area contributed by atoms with E-state index in [4.69, 9.17) is 17.3 Å². The molecule has 0 spiro atoms. The van der Waals surface area contributed by atoms with Crippen LogP contribution >= 0.6 is 11.6 Å². The summed E-state index contributed by atoms with van der Waals surface area (Å²) in [5, 5.41) is 0.503. The largest absolute Gasteiger partial charge is 0.416 e. The molecule has 0 bridgehead atoms. The number of nitrogens with zero attached hydrogens (tertiary/aromatic N) is 3. The summed E-state index contributed by atoms with van der Waals surface area (Å²) in [5.74, 6) is -0.790. The Morgan fingerprint density at radius 3 is 2.22 bits per heavy atom. The lowest BCUT2D eigenvalue weighted by molar-refractivity contribution is -0.137. The third-order valence-corrected chi connectivity index (χ3v) is 5.50. The second-order valence-electron chi connectivity index (χ2n) is 7.67. The number of anilines is 1. The van der Waals surface area contributed by atoms with E-state index < -0.39 is 17.6 Å². The van der Waals surface area contributed by atoms with Crippen molar-refractivity contribution in [1.29, 1.82) is 0 Å². The van der Waals surface area contributed by atoms with Crippen LogP contribution in [0.4, 0.5) is 18.9 Å². The second-order valence-corrected chi connectivity index (χ2v) is 8.10. The molecule has 2 N–H and O–H groups in total.